The van der Waals surface area contributed by atoms with E-state index in [-0.39, 0.29) is 17.7 Å². The quantitative estimate of drug-likeness (QED) is 0.874. The van der Waals surface area contributed by atoms with Gasteiger partial charge in [-0.2, -0.15) is 0 Å². The fraction of sp³-hybridized carbons (Fsp3) is 0.389. The highest BCUT2D eigenvalue weighted by Gasteiger charge is 2.47. The molecule has 22 heavy (non-hydrogen) atoms. The van der Waals surface area contributed by atoms with Gasteiger partial charge in [0, 0.05) is 24.9 Å². The molecule has 2 atom stereocenters. The maximum Gasteiger partial charge on any atom is 0.226 e. The van der Waals surface area contributed by atoms with Crippen LogP contribution in [0, 0.1) is 5.92 Å². The largest absolute Gasteiger partial charge is 0.497 e. The van der Waals surface area contributed by atoms with Crippen LogP contribution in [0.25, 0.3) is 0 Å². The molecule has 2 heterocycles. The first kappa shape index (κ1) is 13.4. The molecular weight excluding hydrogens is 278 g/mol. The van der Waals surface area contributed by atoms with Gasteiger partial charge in [0.15, 0.2) is 0 Å². The fourth-order valence-corrected chi connectivity index (χ4v) is 3.37. The van der Waals surface area contributed by atoms with E-state index in [0.29, 0.717) is 6.54 Å². The van der Waals surface area contributed by atoms with Crippen LogP contribution in [0.15, 0.2) is 41.0 Å². The molecule has 4 rings (SSSR count). The number of amides is 1. The summed E-state index contributed by atoms with van der Waals surface area (Å²) in [6.45, 7) is 1.49. The minimum atomic E-state index is 0.0957. The lowest BCUT2D eigenvalue weighted by molar-refractivity contribution is -0.133. The monoisotopic (exact) mass is 297 g/mol. The summed E-state index contributed by atoms with van der Waals surface area (Å²) in [4.78, 5) is 14.7. The average Bonchev–Trinajstić information content (AvgIpc) is 3.17. The Hall–Kier alpha value is -2.23. The minimum absolute atomic E-state index is 0.0957. The van der Waals surface area contributed by atoms with E-state index in [2.05, 4.69) is 6.07 Å². The number of furan rings is 1. The molecule has 4 heteroatoms. The van der Waals surface area contributed by atoms with E-state index in [4.69, 9.17) is 9.15 Å². The zero-order valence-electron chi connectivity index (χ0n) is 12.6. The maximum atomic E-state index is 12.7. The molecule has 2 aromatic rings. The smallest absolute Gasteiger partial charge is 0.226 e. The molecule has 1 amide bonds. The summed E-state index contributed by atoms with van der Waals surface area (Å²) in [5, 5.41) is 0. The topological polar surface area (TPSA) is 42.7 Å². The van der Waals surface area contributed by atoms with Gasteiger partial charge in [0.05, 0.1) is 13.4 Å². The highest BCUT2D eigenvalue weighted by Crippen LogP contribution is 2.49. The number of carbonyl (C=O) groups is 1. The number of methoxy groups -OCH3 is 1. The van der Waals surface area contributed by atoms with E-state index in [1.165, 1.54) is 11.1 Å². The first-order valence-electron chi connectivity index (χ1n) is 7.74. The molecule has 0 saturated heterocycles. The van der Waals surface area contributed by atoms with Gasteiger partial charge in [-0.15, -0.1) is 0 Å². The lowest BCUT2D eigenvalue weighted by atomic mass is 9.99. The second-order valence-corrected chi connectivity index (χ2v) is 6.11. The molecule has 0 bridgehead atoms. The van der Waals surface area contributed by atoms with Gasteiger partial charge in [-0.3, -0.25) is 4.79 Å². The second-order valence-electron chi connectivity index (χ2n) is 6.11. The number of rotatable bonds is 3. The van der Waals surface area contributed by atoms with Gasteiger partial charge in [-0.25, -0.2) is 0 Å². The molecule has 1 aliphatic heterocycles. The second kappa shape index (κ2) is 5.20. The average molecular weight is 297 g/mol. The molecule has 2 aliphatic rings. The van der Waals surface area contributed by atoms with Crippen molar-refractivity contribution in [3.8, 4) is 5.75 Å². The van der Waals surface area contributed by atoms with Gasteiger partial charge < -0.3 is 14.1 Å². The number of nitrogens with zero attached hydrogens (tertiary/aromatic N) is 1. The molecule has 1 aromatic carbocycles. The Morgan fingerprint density at radius 3 is 3.00 bits per heavy atom. The Kier molecular flexibility index (Phi) is 3.17. The van der Waals surface area contributed by atoms with Crippen molar-refractivity contribution in [1.82, 2.24) is 4.90 Å². The Morgan fingerprint density at radius 1 is 1.32 bits per heavy atom. The molecular formula is C18H19NO3. The number of carbonyl (C=O) groups excluding carboxylic acids is 1. The molecule has 1 aliphatic carbocycles. The summed E-state index contributed by atoms with van der Waals surface area (Å²) < 4.78 is 10.7. The van der Waals surface area contributed by atoms with Crippen LogP contribution < -0.4 is 4.74 Å². The standard InChI is InChI=1S/C18H19NO3/c1-21-14-5-4-12-6-7-19(11-13(12)9-14)18(20)16-10-15(16)17-3-2-8-22-17/h2-5,8-9,15-16H,6-7,10-11H2,1H3/t15-,16-/m1/s1. The van der Waals surface area contributed by atoms with Crippen LogP contribution in [0.5, 0.6) is 5.75 Å². The van der Waals surface area contributed by atoms with Crippen LogP contribution in [0.1, 0.15) is 29.2 Å². The van der Waals surface area contributed by atoms with Gasteiger partial charge in [0.25, 0.3) is 0 Å². The highest BCUT2D eigenvalue weighted by molar-refractivity contribution is 5.83. The van der Waals surface area contributed by atoms with E-state index in [0.717, 1.165) is 30.9 Å². The van der Waals surface area contributed by atoms with E-state index in [1.54, 1.807) is 13.4 Å². The highest BCUT2D eigenvalue weighted by atomic mass is 16.5. The van der Waals surface area contributed by atoms with Crippen molar-refractivity contribution in [2.45, 2.75) is 25.3 Å². The lowest BCUT2D eigenvalue weighted by Crippen LogP contribution is -2.37. The van der Waals surface area contributed by atoms with Gasteiger partial charge in [-0.05, 0) is 48.2 Å². The molecule has 1 saturated carbocycles. The van der Waals surface area contributed by atoms with E-state index in [9.17, 15) is 4.79 Å². The Balaban J connectivity index is 1.47. The molecule has 0 spiro atoms. The van der Waals surface area contributed by atoms with E-state index in [1.807, 2.05) is 29.2 Å². The van der Waals surface area contributed by atoms with Gasteiger partial charge in [-0.1, -0.05) is 6.07 Å². The lowest BCUT2D eigenvalue weighted by Gasteiger charge is -2.29. The third kappa shape index (κ3) is 2.28. The van der Waals surface area contributed by atoms with Crippen LogP contribution in [0.3, 0.4) is 0 Å². The van der Waals surface area contributed by atoms with Gasteiger partial charge >= 0.3 is 0 Å². The predicted molar refractivity (Wildman–Crippen MR) is 81.7 cm³/mol. The number of ether oxygens (including phenoxy) is 1. The number of fused-ring (bicyclic) bond motifs is 1. The predicted octanol–water partition coefficient (Wildman–Crippen LogP) is 2.98. The molecule has 0 N–H and O–H groups in total. The Bertz CT molecular complexity index is 692. The first-order valence-corrected chi connectivity index (χ1v) is 7.74. The summed E-state index contributed by atoms with van der Waals surface area (Å²) in [5.41, 5.74) is 2.53. The SMILES string of the molecule is COc1ccc2c(c1)CN(C(=O)[C@@H]1C[C@H]1c1ccco1)CC2. The summed E-state index contributed by atoms with van der Waals surface area (Å²) in [5.74, 6) is 2.42. The van der Waals surface area contributed by atoms with E-state index >= 15 is 0 Å². The summed E-state index contributed by atoms with van der Waals surface area (Å²) in [6.07, 6.45) is 3.51. The Morgan fingerprint density at radius 2 is 2.23 bits per heavy atom. The molecule has 4 nitrogen and oxygen atoms in total. The molecule has 114 valence electrons. The fourth-order valence-electron chi connectivity index (χ4n) is 3.37. The number of benzene rings is 1. The minimum Gasteiger partial charge on any atom is -0.497 e. The van der Waals surface area contributed by atoms with Crippen LogP contribution >= 0.6 is 0 Å². The third-order valence-electron chi connectivity index (χ3n) is 4.75. The third-order valence-corrected chi connectivity index (χ3v) is 4.75. The van der Waals surface area contributed by atoms with Crippen LogP contribution in [0.2, 0.25) is 0 Å². The summed E-state index contributed by atoms with van der Waals surface area (Å²) in [7, 11) is 1.67. The van der Waals surface area contributed by atoms with Crippen molar-refractivity contribution < 1.29 is 13.9 Å². The van der Waals surface area contributed by atoms with Crippen molar-refractivity contribution in [1.29, 1.82) is 0 Å². The Labute approximate surface area is 129 Å². The van der Waals surface area contributed by atoms with Crippen LogP contribution in [-0.4, -0.2) is 24.5 Å². The zero-order chi connectivity index (χ0) is 15.1. The zero-order valence-corrected chi connectivity index (χ0v) is 12.6. The number of hydrogen-bond acceptors (Lipinski definition) is 3. The van der Waals surface area contributed by atoms with E-state index < -0.39 is 0 Å². The molecule has 1 fully saturated rings. The van der Waals surface area contributed by atoms with Crippen LogP contribution in [-0.2, 0) is 17.8 Å². The molecule has 0 radical (unpaired) electrons. The van der Waals surface area contributed by atoms with Gasteiger partial charge in [0.2, 0.25) is 5.91 Å². The molecule has 1 aromatic heterocycles. The summed E-state index contributed by atoms with van der Waals surface area (Å²) >= 11 is 0. The van der Waals surface area contributed by atoms with Crippen molar-refractivity contribution >= 4 is 5.91 Å². The van der Waals surface area contributed by atoms with Crippen LogP contribution in [0.4, 0.5) is 0 Å². The maximum absolute atomic E-state index is 12.7. The molecule has 0 unspecified atom stereocenters. The van der Waals surface area contributed by atoms with Gasteiger partial charge in [0.1, 0.15) is 11.5 Å². The van der Waals surface area contributed by atoms with Crippen molar-refractivity contribution in [3.05, 3.63) is 53.5 Å². The first-order chi connectivity index (χ1) is 10.8. The normalized spacial score (nSPS) is 23.0. The van der Waals surface area contributed by atoms with Crippen molar-refractivity contribution in [2.24, 2.45) is 5.92 Å². The number of hydrogen-bond donors (Lipinski definition) is 0. The van der Waals surface area contributed by atoms with Crippen molar-refractivity contribution in [2.75, 3.05) is 13.7 Å². The van der Waals surface area contributed by atoms with Crippen molar-refractivity contribution in [3.63, 3.8) is 0 Å². The summed E-state index contributed by atoms with van der Waals surface area (Å²) in [6, 6.07) is 10.0.